The lowest BCUT2D eigenvalue weighted by atomic mass is 10.2. The normalized spacial score (nSPS) is 9.00. The maximum absolute atomic E-state index is 10.1. The lowest BCUT2D eigenvalue weighted by Crippen LogP contribution is -1.74. The predicted molar refractivity (Wildman–Crippen MR) is 57.7 cm³/mol. The lowest BCUT2D eigenvalue weighted by molar-refractivity contribution is -0.104. The van der Waals surface area contributed by atoms with E-state index in [0.717, 1.165) is 12.6 Å². The Bertz CT molecular complexity index is 302. The second-order valence-electron chi connectivity index (χ2n) is 2.33. The number of carbonyl (C=O) groups excluding carboxylic acids is 2. The fourth-order valence-corrected chi connectivity index (χ4v) is 0.746. The summed E-state index contributed by atoms with van der Waals surface area (Å²) < 4.78 is 0. The van der Waals surface area contributed by atoms with Gasteiger partial charge in [0.05, 0.1) is 0 Å². The minimum Gasteiger partial charge on any atom is -0.299 e. The Balaban J connectivity index is 0.000000292. The van der Waals surface area contributed by atoms with Crippen molar-refractivity contribution in [3.63, 3.8) is 0 Å². The van der Waals surface area contributed by atoms with E-state index in [4.69, 9.17) is 11.6 Å². The Morgan fingerprint density at radius 3 is 2.00 bits per heavy atom. The zero-order chi connectivity index (χ0) is 10.8. The molecule has 0 atom stereocenters. The molecule has 0 heterocycles. The molecule has 14 heavy (non-hydrogen) atoms. The third-order valence-electron chi connectivity index (χ3n) is 1.28. The number of benzene rings is 1. The summed E-state index contributed by atoms with van der Waals surface area (Å²) in [5, 5.41) is 0.653. The van der Waals surface area contributed by atoms with Crippen LogP contribution in [0.5, 0.6) is 0 Å². The molecule has 0 aliphatic heterocycles. The second-order valence-corrected chi connectivity index (χ2v) is 2.77. The van der Waals surface area contributed by atoms with Gasteiger partial charge in [0, 0.05) is 10.6 Å². The van der Waals surface area contributed by atoms with Crippen molar-refractivity contribution in [2.45, 2.75) is 6.92 Å². The van der Waals surface area contributed by atoms with Crippen LogP contribution in [0.25, 0.3) is 0 Å². The van der Waals surface area contributed by atoms with E-state index < -0.39 is 0 Å². The molecule has 0 aromatic heterocycles. The minimum atomic E-state index is 0.652. The zero-order valence-corrected chi connectivity index (χ0v) is 8.57. The van der Waals surface area contributed by atoms with Gasteiger partial charge in [0.15, 0.2) is 0 Å². The summed E-state index contributed by atoms with van der Waals surface area (Å²) in [6.45, 7) is 1.80. The fraction of sp³-hybridized carbons (Fsp3) is 0.0909. The SMILES string of the molecule is CC=CC=O.O=Cc1ccc(Cl)cc1. The van der Waals surface area contributed by atoms with Gasteiger partial charge in [0.25, 0.3) is 0 Å². The molecule has 74 valence electrons. The summed E-state index contributed by atoms with van der Waals surface area (Å²) in [6.07, 6.45) is 4.67. The van der Waals surface area contributed by atoms with E-state index in [1.807, 2.05) is 0 Å². The summed E-state index contributed by atoms with van der Waals surface area (Å²) in [5.74, 6) is 0. The van der Waals surface area contributed by atoms with E-state index in [1.165, 1.54) is 6.08 Å². The van der Waals surface area contributed by atoms with Gasteiger partial charge in [0.1, 0.15) is 12.6 Å². The van der Waals surface area contributed by atoms with Crippen molar-refractivity contribution in [1.82, 2.24) is 0 Å². The highest BCUT2D eigenvalue weighted by Crippen LogP contribution is 2.07. The minimum absolute atomic E-state index is 0.652. The number of halogens is 1. The molecule has 0 N–H and O–H groups in total. The van der Waals surface area contributed by atoms with Crippen LogP contribution in [0.4, 0.5) is 0 Å². The highest BCUT2D eigenvalue weighted by Gasteiger charge is 1.86. The molecular weight excluding hydrogens is 200 g/mol. The lowest BCUT2D eigenvalue weighted by Gasteiger charge is -1.87. The van der Waals surface area contributed by atoms with Crippen LogP contribution < -0.4 is 0 Å². The number of carbonyl (C=O) groups is 2. The van der Waals surface area contributed by atoms with Crippen LogP contribution in [0.2, 0.25) is 5.02 Å². The second kappa shape index (κ2) is 8.20. The summed E-state index contributed by atoms with van der Waals surface area (Å²) >= 11 is 5.55. The van der Waals surface area contributed by atoms with E-state index in [1.54, 1.807) is 37.3 Å². The quantitative estimate of drug-likeness (QED) is 0.556. The van der Waals surface area contributed by atoms with Gasteiger partial charge in [-0.15, -0.1) is 0 Å². The number of aldehydes is 2. The first kappa shape index (κ1) is 12.6. The average molecular weight is 211 g/mol. The molecule has 0 amide bonds. The van der Waals surface area contributed by atoms with Crippen LogP contribution in [-0.4, -0.2) is 12.6 Å². The van der Waals surface area contributed by atoms with Gasteiger partial charge in [-0.3, -0.25) is 9.59 Å². The molecule has 0 radical (unpaired) electrons. The molecule has 1 aromatic carbocycles. The zero-order valence-electron chi connectivity index (χ0n) is 7.81. The van der Waals surface area contributed by atoms with Crippen molar-refractivity contribution in [3.05, 3.63) is 47.0 Å². The summed E-state index contributed by atoms with van der Waals surface area (Å²) in [6, 6.07) is 6.72. The van der Waals surface area contributed by atoms with Crippen LogP contribution >= 0.6 is 11.6 Å². The third kappa shape index (κ3) is 6.14. The van der Waals surface area contributed by atoms with E-state index in [9.17, 15) is 9.59 Å². The number of allylic oxidation sites excluding steroid dienone is 2. The standard InChI is InChI=1S/C7H5ClO.C4H6O/c8-7-3-1-6(5-9)2-4-7;1-2-3-4-5/h1-5H;2-4H,1H3. The Kier molecular flexibility index (Phi) is 7.37. The van der Waals surface area contributed by atoms with Crippen molar-refractivity contribution in [2.24, 2.45) is 0 Å². The summed E-state index contributed by atoms with van der Waals surface area (Å²) in [4.78, 5) is 19.4. The highest BCUT2D eigenvalue weighted by atomic mass is 35.5. The van der Waals surface area contributed by atoms with Crippen molar-refractivity contribution in [1.29, 1.82) is 0 Å². The first-order chi connectivity index (χ1) is 6.74. The summed E-state index contributed by atoms with van der Waals surface area (Å²) in [5.41, 5.74) is 0.652. The Morgan fingerprint density at radius 2 is 1.71 bits per heavy atom. The van der Waals surface area contributed by atoms with E-state index in [2.05, 4.69) is 0 Å². The smallest absolute Gasteiger partial charge is 0.150 e. The van der Waals surface area contributed by atoms with Gasteiger partial charge in [-0.05, 0) is 25.1 Å². The molecular formula is C11H11ClO2. The van der Waals surface area contributed by atoms with Crippen LogP contribution in [0.3, 0.4) is 0 Å². The fourth-order valence-electron chi connectivity index (χ4n) is 0.620. The van der Waals surface area contributed by atoms with E-state index in [-0.39, 0.29) is 0 Å². The molecule has 0 spiro atoms. The topological polar surface area (TPSA) is 34.1 Å². The number of hydrogen-bond acceptors (Lipinski definition) is 2. The Morgan fingerprint density at radius 1 is 1.14 bits per heavy atom. The van der Waals surface area contributed by atoms with Gasteiger partial charge < -0.3 is 0 Å². The first-order valence-electron chi connectivity index (χ1n) is 4.01. The average Bonchev–Trinajstić information content (AvgIpc) is 2.21. The van der Waals surface area contributed by atoms with Gasteiger partial charge >= 0.3 is 0 Å². The maximum Gasteiger partial charge on any atom is 0.150 e. The van der Waals surface area contributed by atoms with Gasteiger partial charge in [0.2, 0.25) is 0 Å². The van der Waals surface area contributed by atoms with Crippen LogP contribution in [0, 0.1) is 0 Å². The van der Waals surface area contributed by atoms with Gasteiger partial charge in [-0.1, -0.05) is 29.8 Å². The molecule has 0 aliphatic carbocycles. The predicted octanol–water partition coefficient (Wildman–Crippen LogP) is 2.91. The molecule has 0 bridgehead atoms. The van der Waals surface area contributed by atoms with Crippen molar-refractivity contribution in [3.8, 4) is 0 Å². The summed E-state index contributed by atoms with van der Waals surface area (Å²) in [7, 11) is 0. The third-order valence-corrected chi connectivity index (χ3v) is 1.53. The molecule has 1 rings (SSSR count). The molecule has 1 aromatic rings. The molecule has 0 fully saturated rings. The molecule has 0 saturated carbocycles. The van der Waals surface area contributed by atoms with E-state index in [0.29, 0.717) is 10.6 Å². The molecule has 0 saturated heterocycles. The largest absolute Gasteiger partial charge is 0.299 e. The number of hydrogen-bond donors (Lipinski definition) is 0. The van der Waals surface area contributed by atoms with E-state index >= 15 is 0 Å². The Labute approximate surface area is 88.2 Å². The molecule has 3 heteroatoms. The first-order valence-corrected chi connectivity index (χ1v) is 4.39. The van der Waals surface area contributed by atoms with Crippen molar-refractivity contribution in [2.75, 3.05) is 0 Å². The van der Waals surface area contributed by atoms with Crippen molar-refractivity contribution < 1.29 is 9.59 Å². The van der Waals surface area contributed by atoms with Gasteiger partial charge in [-0.25, -0.2) is 0 Å². The highest BCUT2D eigenvalue weighted by molar-refractivity contribution is 6.30. The van der Waals surface area contributed by atoms with Crippen LogP contribution in [0.1, 0.15) is 17.3 Å². The van der Waals surface area contributed by atoms with Gasteiger partial charge in [-0.2, -0.15) is 0 Å². The molecule has 2 nitrogen and oxygen atoms in total. The van der Waals surface area contributed by atoms with Crippen molar-refractivity contribution >= 4 is 24.2 Å². The molecule has 0 unspecified atom stereocenters. The monoisotopic (exact) mass is 210 g/mol. The number of rotatable bonds is 2. The Hall–Kier alpha value is -1.41. The maximum atomic E-state index is 10.1. The molecule has 0 aliphatic rings. The van der Waals surface area contributed by atoms with Crippen LogP contribution in [-0.2, 0) is 4.79 Å². The van der Waals surface area contributed by atoms with Crippen LogP contribution in [0.15, 0.2) is 36.4 Å².